The molecular formula is C37H32N2. The van der Waals surface area contributed by atoms with Crippen LogP contribution in [0.1, 0.15) is 43.7 Å². The van der Waals surface area contributed by atoms with Gasteiger partial charge < -0.3 is 9.47 Å². The largest absolute Gasteiger partial charge is 0.358 e. The topological polar surface area (TPSA) is 8.17 Å². The average Bonchev–Trinajstić information content (AvgIpc) is 3.47. The fourth-order valence-electron chi connectivity index (χ4n) is 7.48. The van der Waals surface area contributed by atoms with Crippen LogP contribution in [-0.2, 0) is 0 Å². The standard InChI is InChI=1S/C37H32N2/c1-37-25-9-8-13-33(37)32-12-4-7-16-36(32)39(37)29-23-19-27(20-24-29)26-17-21-28(22-18-26)38-34-14-5-2-10-30(34)31-11-3-6-15-35(31)38/h2-19,21-22,29H,20,23-25H2,1H3. The molecule has 8 rings (SSSR count). The second-order valence-corrected chi connectivity index (χ2v) is 11.4. The molecule has 190 valence electrons. The number of aromatic nitrogens is 1. The third kappa shape index (κ3) is 3.34. The van der Waals surface area contributed by atoms with Gasteiger partial charge in [-0.1, -0.05) is 91.0 Å². The van der Waals surface area contributed by atoms with Crippen molar-refractivity contribution in [2.75, 3.05) is 4.90 Å². The zero-order chi connectivity index (χ0) is 26.0. The van der Waals surface area contributed by atoms with Crippen LogP contribution in [0.25, 0.3) is 38.6 Å². The average molecular weight is 505 g/mol. The van der Waals surface area contributed by atoms with Gasteiger partial charge in [-0.3, -0.25) is 0 Å². The van der Waals surface area contributed by atoms with Crippen LogP contribution in [0.5, 0.6) is 0 Å². The van der Waals surface area contributed by atoms with E-state index in [4.69, 9.17) is 0 Å². The molecule has 2 nitrogen and oxygen atoms in total. The fraction of sp³-hybridized carbons (Fsp3) is 0.189. The van der Waals surface area contributed by atoms with E-state index >= 15 is 0 Å². The first-order valence-electron chi connectivity index (χ1n) is 14.3. The van der Waals surface area contributed by atoms with Crippen LogP contribution >= 0.6 is 0 Å². The van der Waals surface area contributed by atoms with Gasteiger partial charge in [0.1, 0.15) is 0 Å². The van der Waals surface area contributed by atoms with Crippen LogP contribution in [0.2, 0.25) is 0 Å². The number of para-hydroxylation sites is 3. The van der Waals surface area contributed by atoms with Gasteiger partial charge in [0.25, 0.3) is 0 Å². The van der Waals surface area contributed by atoms with Crippen molar-refractivity contribution in [3.8, 4) is 5.69 Å². The van der Waals surface area contributed by atoms with E-state index in [-0.39, 0.29) is 5.54 Å². The van der Waals surface area contributed by atoms with Crippen molar-refractivity contribution in [2.24, 2.45) is 0 Å². The highest BCUT2D eigenvalue weighted by molar-refractivity contribution is 6.09. The molecule has 2 atom stereocenters. The number of rotatable bonds is 3. The summed E-state index contributed by atoms with van der Waals surface area (Å²) in [5.41, 5.74) is 10.9. The Labute approximate surface area is 230 Å². The molecule has 3 aliphatic rings. The first kappa shape index (κ1) is 22.7. The molecule has 0 bridgehead atoms. The summed E-state index contributed by atoms with van der Waals surface area (Å²) in [6.07, 6.45) is 13.9. The van der Waals surface area contributed by atoms with Crippen molar-refractivity contribution in [3.63, 3.8) is 0 Å². The Hall–Kier alpha value is -4.30. The molecule has 2 unspecified atom stereocenters. The predicted molar refractivity (Wildman–Crippen MR) is 165 cm³/mol. The number of allylic oxidation sites excluding steroid dienone is 3. The zero-order valence-corrected chi connectivity index (χ0v) is 22.3. The fourth-order valence-corrected chi connectivity index (χ4v) is 7.48. The molecule has 1 aliphatic heterocycles. The van der Waals surface area contributed by atoms with E-state index in [0.29, 0.717) is 6.04 Å². The van der Waals surface area contributed by atoms with E-state index in [1.54, 1.807) is 0 Å². The molecule has 0 radical (unpaired) electrons. The molecule has 2 heteroatoms. The minimum Gasteiger partial charge on any atom is -0.358 e. The Balaban J connectivity index is 1.10. The molecule has 5 aromatic rings. The van der Waals surface area contributed by atoms with Crippen LogP contribution < -0.4 is 4.90 Å². The molecule has 4 aromatic carbocycles. The summed E-state index contributed by atoms with van der Waals surface area (Å²) >= 11 is 0. The summed E-state index contributed by atoms with van der Waals surface area (Å²) in [4.78, 5) is 2.75. The van der Waals surface area contributed by atoms with Gasteiger partial charge in [0.2, 0.25) is 0 Å². The van der Waals surface area contributed by atoms with E-state index in [2.05, 4.69) is 138 Å². The number of nitrogens with zero attached hydrogens (tertiary/aromatic N) is 2. The Kier molecular flexibility index (Phi) is 5.00. The quantitative estimate of drug-likeness (QED) is 0.238. The van der Waals surface area contributed by atoms with Gasteiger partial charge in [-0.2, -0.15) is 0 Å². The third-order valence-corrected chi connectivity index (χ3v) is 9.30. The molecule has 0 fully saturated rings. The molecule has 0 saturated carbocycles. The Morgan fingerprint density at radius 2 is 1.46 bits per heavy atom. The van der Waals surface area contributed by atoms with Crippen LogP contribution in [0.3, 0.4) is 0 Å². The van der Waals surface area contributed by atoms with Crippen LogP contribution in [0.4, 0.5) is 5.69 Å². The SMILES string of the molecule is CC12CC=CC=C1c1ccccc1N2C1CC=C(c2ccc(-n3c4ccccc4c4ccccc43)cc2)CC1. The smallest absolute Gasteiger partial charge is 0.0670 e. The van der Waals surface area contributed by atoms with Crippen molar-refractivity contribution in [1.29, 1.82) is 0 Å². The van der Waals surface area contributed by atoms with Gasteiger partial charge in [0.05, 0.1) is 16.6 Å². The molecule has 0 spiro atoms. The highest BCUT2D eigenvalue weighted by Gasteiger charge is 2.46. The lowest BCUT2D eigenvalue weighted by atomic mass is 9.81. The minimum atomic E-state index is 0.0540. The van der Waals surface area contributed by atoms with Crippen LogP contribution in [-0.4, -0.2) is 16.1 Å². The summed E-state index contributed by atoms with van der Waals surface area (Å²) < 4.78 is 2.40. The summed E-state index contributed by atoms with van der Waals surface area (Å²) in [5.74, 6) is 0. The summed E-state index contributed by atoms with van der Waals surface area (Å²) in [5, 5.41) is 2.61. The molecular weight excluding hydrogens is 472 g/mol. The maximum Gasteiger partial charge on any atom is 0.0670 e. The molecule has 0 amide bonds. The van der Waals surface area contributed by atoms with Gasteiger partial charge in [0.15, 0.2) is 0 Å². The van der Waals surface area contributed by atoms with E-state index in [0.717, 1.165) is 19.3 Å². The minimum absolute atomic E-state index is 0.0540. The number of benzene rings is 4. The number of fused-ring (bicyclic) bond motifs is 6. The zero-order valence-electron chi connectivity index (χ0n) is 22.3. The van der Waals surface area contributed by atoms with Crippen molar-refractivity contribution >= 4 is 38.6 Å². The second kappa shape index (κ2) is 8.61. The molecule has 2 aliphatic carbocycles. The highest BCUT2D eigenvalue weighted by Crippen LogP contribution is 2.52. The highest BCUT2D eigenvalue weighted by atomic mass is 15.3. The Bertz CT molecular complexity index is 1780. The van der Waals surface area contributed by atoms with Gasteiger partial charge in [-0.15, -0.1) is 0 Å². The lowest BCUT2D eigenvalue weighted by molar-refractivity contribution is 0.448. The maximum absolute atomic E-state index is 2.75. The summed E-state index contributed by atoms with van der Waals surface area (Å²) in [6.45, 7) is 2.44. The van der Waals surface area contributed by atoms with Crippen LogP contribution in [0, 0.1) is 0 Å². The molecule has 0 saturated heterocycles. The van der Waals surface area contributed by atoms with Gasteiger partial charge in [-0.05, 0) is 79.6 Å². The third-order valence-electron chi connectivity index (χ3n) is 9.30. The van der Waals surface area contributed by atoms with Crippen molar-refractivity contribution in [2.45, 2.75) is 44.2 Å². The Morgan fingerprint density at radius 1 is 0.769 bits per heavy atom. The van der Waals surface area contributed by atoms with Gasteiger partial charge in [-0.25, -0.2) is 0 Å². The van der Waals surface area contributed by atoms with E-state index < -0.39 is 0 Å². The van der Waals surface area contributed by atoms with E-state index in [9.17, 15) is 0 Å². The van der Waals surface area contributed by atoms with E-state index in [1.807, 2.05) is 0 Å². The van der Waals surface area contributed by atoms with Gasteiger partial charge >= 0.3 is 0 Å². The first-order chi connectivity index (χ1) is 19.2. The maximum atomic E-state index is 2.75. The number of hydrogen-bond acceptors (Lipinski definition) is 1. The predicted octanol–water partition coefficient (Wildman–Crippen LogP) is 9.34. The molecule has 1 aromatic heterocycles. The molecule has 2 heterocycles. The first-order valence-corrected chi connectivity index (χ1v) is 14.3. The van der Waals surface area contributed by atoms with E-state index in [1.165, 1.54) is 61.9 Å². The number of hydrogen-bond donors (Lipinski definition) is 0. The van der Waals surface area contributed by atoms with Crippen molar-refractivity contribution in [1.82, 2.24) is 4.57 Å². The Morgan fingerprint density at radius 3 is 2.18 bits per heavy atom. The van der Waals surface area contributed by atoms with Crippen molar-refractivity contribution in [3.05, 3.63) is 132 Å². The van der Waals surface area contributed by atoms with Crippen molar-refractivity contribution < 1.29 is 0 Å². The lowest BCUT2D eigenvalue weighted by Gasteiger charge is -2.45. The normalized spacial score (nSPS) is 22.1. The molecule has 0 N–H and O–H groups in total. The monoisotopic (exact) mass is 504 g/mol. The lowest BCUT2D eigenvalue weighted by Crippen LogP contribution is -2.50. The molecule has 39 heavy (non-hydrogen) atoms. The summed E-state index contributed by atoms with van der Waals surface area (Å²) in [6, 6.07) is 36.2. The summed E-state index contributed by atoms with van der Waals surface area (Å²) in [7, 11) is 0. The number of anilines is 1. The second-order valence-electron chi connectivity index (χ2n) is 11.4. The van der Waals surface area contributed by atoms with Crippen LogP contribution in [0.15, 0.2) is 121 Å². The van der Waals surface area contributed by atoms with Gasteiger partial charge in [0, 0.05) is 33.8 Å².